The number of halogens is 1. The van der Waals surface area contributed by atoms with Crippen LogP contribution in [0.5, 0.6) is 5.75 Å². The molecule has 1 aliphatic rings. The highest BCUT2D eigenvalue weighted by Crippen LogP contribution is 2.34. The van der Waals surface area contributed by atoms with Gasteiger partial charge in [0, 0.05) is 23.8 Å². The molecule has 0 aliphatic heterocycles. The molecule has 0 radical (unpaired) electrons. The van der Waals surface area contributed by atoms with Crippen molar-refractivity contribution in [2.45, 2.75) is 71.6 Å². The summed E-state index contributed by atoms with van der Waals surface area (Å²) in [6.07, 6.45) is 9.09. The van der Waals surface area contributed by atoms with Crippen LogP contribution in [0.3, 0.4) is 0 Å². The summed E-state index contributed by atoms with van der Waals surface area (Å²) in [4.78, 5) is 25.0. The van der Waals surface area contributed by atoms with E-state index >= 15 is 0 Å². The van der Waals surface area contributed by atoms with E-state index in [9.17, 15) is 9.59 Å². The van der Waals surface area contributed by atoms with Gasteiger partial charge in [0.25, 0.3) is 0 Å². The molecule has 1 amide bonds. The molecule has 2 rings (SSSR count). The summed E-state index contributed by atoms with van der Waals surface area (Å²) in [5.74, 6) is 1.99. The minimum atomic E-state index is 0.0462. The second kappa shape index (κ2) is 12.1. The van der Waals surface area contributed by atoms with Crippen LogP contribution in [0.4, 0.5) is 5.69 Å². The number of alkyl halides is 1. The van der Waals surface area contributed by atoms with E-state index in [1.54, 1.807) is 18.2 Å². The van der Waals surface area contributed by atoms with Crippen molar-refractivity contribution in [1.29, 1.82) is 0 Å². The predicted octanol–water partition coefficient (Wildman–Crippen LogP) is 6.22. The Balaban J connectivity index is 1.98. The van der Waals surface area contributed by atoms with Crippen molar-refractivity contribution in [3.8, 4) is 5.75 Å². The number of carbonyl (C=O) groups excluding carboxylic acids is 2. The number of hydrogen-bond acceptors (Lipinski definition) is 3. The molecular weight excluding hydrogens is 374 g/mol. The van der Waals surface area contributed by atoms with E-state index < -0.39 is 0 Å². The first-order valence-corrected chi connectivity index (χ1v) is 11.3. The minimum Gasteiger partial charge on any atom is -0.492 e. The van der Waals surface area contributed by atoms with Gasteiger partial charge in [-0.3, -0.25) is 9.59 Å². The Labute approximate surface area is 174 Å². The van der Waals surface area contributed by atoms with Gasteiger partial charge in [-0.1, -0.05) is 26.2 Å². The van der Waals surface area contributed by atoms with Crippen molar-refractivity contribution in [2.24, 2.45) is 11.8 Å². The number of hydrogen-bond donors (Lipinski definition) is 1. The lowest BCUT2D eigenvalue weighted by atomic mass is 9.79. The number of rotatable bonds is 11. The number of Topliss-reactive ketones (excluding diaryl/α,β-unsaturated/α-hetero) is 1. The second-order valence-electron chi connectivity index (χ2n) is 7.71. The van der Waals surface area contributed by atoms with Gasteiger partial charge >= 0.3 is 0 Å². The van der Waals surface area contributed by atoms with Crippen LogP contribution in [0.2, 0.25) is 0 Å². The lowest BCUT2D eigenvalue weighted by molar-refractivity contribution is -0.121. The standard InChI is InChI=1S/C23H34ClNO3/c1-3-5-7-17-9-11-18(12-10-17)23(27)25-20-14-13-19(16-22(20)28-4-2)21(26)8-6-15-24/h13-14,16-18H,3-12,15H2,1-2H3,(H,25,27). The Kier molecular flexibility index (Phi) is 9.83. The molecule has 1 aromatic rings. The van der Waals surface area contributed by atoms with Gasteiger partial charge in [-0.15, -0.1) is 11.6 Å². The molecule has 28 heavy (non-hydrogen) atoms. The van der Waals surface area contributed by atoms with Crippen molar-refractivity contribution in [1.82, 2.24) is 0 Å². The maximum absolute atomic E-state index is 12.8. The van der Waals surface area contributed by atoms with Gasteiger partial charge < -0.3 is 10.1 Å². The Morgan fingerprint density at radius 3 is 2.54 bits per heavy atom. The minimum absolute atomic E-state index is 0.0462. The molecule has 1 saturated carbocycles. The Bertz CT molecular complexity index is 639. The third-order valence-electron chi connectivity index (χ3n) is 5.58. The monoisotopic (exact) mass is 407 g/mol. The van der Waals surface area contributed by atoms with Crippen LogP contribution in [0, 0.1) is 11.8 Å². The molecule has 0 atom stereocenters. The first-order valence-electron chi connectivity index (χ1n) is 10.8. The van der Waals surface area contributed by atoms with Crippen LogP contribution in [0.1, 0.15) is 82.0 Å². The van der Waals surface area contributed by atoms with Crippen molar-refractivity contribution < 1.29 is 14.3 Å². The van der Waals surface area contributed by atoms with Gasteiger partial charge in [0.15, 0.2) is 5.78 Å². The lowest BCUT2D eigenvalue weighted by Crippen LogP contribution is -2.27. The fourth-order valence-electron chi connectivity index (χ4n) is 3.89. The van der Waals surface area contributed by atoms with Crippen LogP contribution in [0.15, 0.2) is 18.2 Å². The molecule has 156 valence electrons. The largest absolute Gasteiger partial charge is 0.492 e. The Morgan fingerprint density at radius 1 is 1.14 bits per heavy atom. The summed E-state index contributed by atoms with van der Waals surface area (Å²) in [6.45, 7) is 4.60. The molecule has 1 fully saturated rings. The van der Waals surface area contributed by atoms with Gasteiger partial charge in [-0.2, -0.15) is 0 Å². The van der Waals surface area contributed by atoms with Gasteiger partial charge in [-0.05, 0) is 63.1 Å². The van der Waals surface area contributed by atoms with Crippen LogP contribution in [-0.4, -0.2) is 24.2 Å². The van der Waals surface area contributed by atoms with E-state index in [0.717, 1.165) is 31.6 Å². The molecule has 4 nitrogen and oxygen atoms in total. The van der Waals surface area contributed by atoms with Crippen LogP contribution in [0.25, 0.3) is 0 Å². The first kappa shape index (κ1) is 22.7. The Morgan fingerprint density at radius 2 is 1.89 bits per heavy atom. The lowest BCUT2D eigenvalue weighted by Gasteiger charge is -2.28. The molecule has 0 saturated heterocycles. The summed E-state index contributed by atoms with van der Waals surface area (Å²) < 4.78 is 5.69. The summed E-state index contributed by atoms with van der Waals surface area (Å²) in [6, 6.07) is 5.28. The highest BCUT2D eigenvalue weighted by atomic mass is 35.5. The van der Waals surface area contributed by atoms with E-state index in [0.29, 0.717) is 42.3 Å². The number of carbonyl (C=O) groups is 2. The van der Waals surface area contributed by atoms with E-state index in [1.807, 2.05) is 6.92 Å². The average Bonchev–Trinajstić information content (AvgIpc) is 2.72. The molecule has 0 aromatic heterocycles. The number of amides is 1. The number of ether oxygens (including phenoxy) is 1. The predicted molar refractivity (Wildman–Crippen MR) is 115 cm³/mol. The number of anilines is 1. The van der Waals surface area contributed by atoms with Gasteiger partial charge in [-0.25, -0.2) is 0 Å². The van der Waals surface area contributed by atoms with Crippen LogP contribution < -0.4 is 10.1 Å². The summed E-state index contributed by atoms with van der Waals surface area (Å²) in [5, 5.41) is 3.04. The molecule has 1 N–H and O–H groups in total. The van der Waals surface area contributed by atoms with Crippen molar-refractivity contribution in [3.63, 3.8) is 0 Å². The third-order valence-corrected chi connectivity index (χ3v) is 5.85. The van der Waals surface area contributed by atoms with E-state index in [1.165, 1.54) is 19.3 Å². The summed E-state index contributed by atoms with van der Waals surface area (Å²) in [5.41, 5.74) is 1.25. The van der Waals surface area contributed by atoms with Gasteiger partial charge in [0.1, 0.15) is 5.75 Å². The second-order valence-corrected chi connectivity index (χ2v) is 8.09. The topological polar surface area (TPSA) is 55.4 Å². The summed E-state index contributed by atoms with van der Waals surface area (Å²) >= 11 is 5.68. The van der Waals surface area contributed by atoms with Crippen molar-refractivity contribution in [2.75, 3.05) is 17.8 Å². The molecule has 0 heterocycles. The molecule has 1 aliphatic carbocycles. The number of unbranched alkanes of at least 4 members (excludes halogenated alkanes) is 1. The van der Waals surface area contributed by atoms with Gasteiger partial charge in [0.05, 0.1) is 12.3 Å². The fourth-order valence-corrected chi connectivity index (χ4v) is 4.02. The molecule has 0 spiro atoms. The van der Waals surface area contributed by atoms with E-state index in [4.69, 9.17) is 16.3 Å². The quantitative estimate of drug-likeness (QED) is 0.349. The Hall–Kier alpha value is -1.55. The number of nitrogens with one attached hydrogen (secondary N) is 1. The smallest absolute Gasteiger partial charge is 0.227 e. The van der Waals surface area contributed by atoms with Crippen molar-refractivity contribution >= 4 is 29.0 Å². The average molecular weight is 408 g/mol. The van der Waals surface area contributed by atoms with E-state index in [2.05, 4.69) is 12.2 Å². The van der Waals surface area contributed by atoms with Gasteiger partial charge in [0.2, 0.25) is 5.91 Å². The first-order chi connectivity index (χ1) is 13.6. The van der Waals surface area contributed by atoms with Crippen LogP contribution >= 0.6 is 11.6 Å². The normalized spacial score (nSPS) is 19.2. The highest BCUT2D eigenvalue weighted by Gasteiger charge is 2.26. The number of ketones is 1. The van der Waals surface area contributed by atoms with Crippen LogP contribution in [-0.2, 0) is 4.79 Å². The maximum atomic E-state index is 12.8. The zero-order chi connectivity index (χ0) is 20.4. The third kappa shape index (κ3) is 6.80. The SMILES string of the molecule is CCCCC1CCC(C(=O)Nc2ccc(C(=O)CCCCl)cc2OCC)CC1. The molecule has 5 heteroatoms. The molecule has 1 aromatic carbocycles. The summed E-state index contributed by atoms with van der Waals surface area (Å²) in [7, 11) is 0. The van der Waals surface area contributed by atoms with E-state index in [-0.39, 0.29) is 17.6 Å². The maximum Gasteiger partial charge on any atom is 0.227 e. The zero-order valence-corrected chi connectivity index (χ0v) is 18.0. The number of benzene rings is 1. The highest BCUT2D eigenvalue weighted by molar-refractivity contribution is 6.18. The zero-order valence-electron chi connectivity index (χ0n) is 17.3. The molecular formula is C23H34ClNO3. The molecule has 0 unspecified atom stereocenters. The van der Waals surface area contributed by atoms with Crippen molar-refractivity contribution in [3.05, 3.63) is 23.8 Å². The molecule has 0 bridgehead atoms. The fraction of sp³-hybridized carbons (Fsp3) is 0.652.